The third-order valence-corrected chi connectivity index (χ3v) is 5.50. The molecule has 1 aromatic heterocycles. The number of nitrogen functional groups attached to an aromatic ring is 1. The quantitative estimate of drug-likeness (QED) is 0.266. The standard InChI is InChI=1S/C23H22N4O3S/c1-29-19-11-17-18(12-20(19)30-2)26-22(25-17)21(31)13-7-9-14(10-8-13)23(28)27-16-6-4-3-5-15(16)24/h3-12,21,31H,24H2,1-2H3,(H,25,26)(H,27,28). The van der Waals surface area contributed by atoms with E-state index >= 15 is 0 Å². The van der Waals surface area contributed by atoms with Crippen LogP contribution in [0.4, 0.5) is 11.4 Å². The predicted molar refractivity (Wildman–Crippen MR) is 125 cm³/mol. The Labute approximate surface area is 185 Å². The topological polar surface area (TPSA) is 102 Å². The highest BCUT2D eigenvalue weighted by Gasteiger charge is 2.17. The molecule has 0 aliphatic carbocycles. The summed E-state index contributed by atoms with van der Waals surface area (Å²) in [5.74, 6) is 1.68. The van der Waals surface area contributed by atoms with Crippen LogP contribution < -0.4 is 20.5 Å². The smallest absolute Gasteiger partial charge is 0.255 e. The molecule has 0 saturated carbocycles. The molecule has 3 aromatic carbocycles. The number of methoxy groups -OCH3 is 2. The van der Waals surface area contributed by atoms with Gasteiger partial charge in [-0.15, -0.1) is 0 Å². The van der Waals surface area contributed by atoms with E-state index < -0.39 is 0 Å². The average Bonchev–Trinajstić information content (AvgIpc) is 3.22. The van der Waals surface area contributed by atoms with Gasteiger partial charge in [-0.1, -0.05) is 24.3 Å². The lowest BCUT2D eigenvalue weighted by Crippen LogP contribution is -2.13. The molecule has 0 bridgehead atoms. The number of H-pyrrole nitrogens is 1. The number of carbonyl (C=O) groups excluding carboxylic acids is 1. The lowest BCUT2D eigenvalue weighted by molar-refractivity contribution is 0.102. The van der Waals surface area contributed by atoms with Crippen molar-refractivity contribution in [2.45, 2.75) is 5.25 Å². The fraction of sp³-hybridized carbons (Fsp3) is 0.130. The zero-order chi connectivity index (χ0) is 22.0. The second kappa shape index (κ2) is 8.61. The molecule has 1 unspecified atom stereocenters. The zero-order valence-electron chi connectivity index (χ0n) is 17.0. The summed E-state index contributed by atoms with van der Waals surface area (Å²) in [4.78, 5) is 20.4. The van der Waals surface area contributed by atoms with Crippen LogP contribution in [0, 0.1) is 0 Å². The number of rotatable bonds is 6. The molecule has 8 heteroatoms. The van der Waals surface area contributed by atoms with Gasteiger partial charge in [-0.3, -0.25) is 4.79 Å². The van der Waals surface area contributed by atoms with Gasteiger partial charge in [0, 0.05) is 17.7 Å². The van der Waals surface area contributed by atoms with Crippen LogP contribution >= 0.6 is 12.6 Å². The van der Waals surface area contributed by atoms with E-state index in [1.54, 1.807) is 38.5 Å². The van der Waals surface area contributed by atoms with E-state index in [2.05, 4.69) is 15.3 Å². The van der Waals surface area contributed by atoms with Gasteiger partial charge in [0.15, 0.2) is 11.5 Å². The number of amides is 1. The molecule has 1 amide bonds. The molecule has 0 aliphatic rings. The first-order valence-electron chi connectivity index (χ1n) is 9.55. The summed E-state index contributed by atoms with van der Waals surface area (Å²) >= 11 is 4.72. The number of nitrogens with two attached hydrogens (primary N) is 1. The number of benzene rings is 3. The summed E-state index contributed by atoms with van der Waals surface area (Å²) < 4.78 is 10.7. The van der Waals surface area contributed by atoms with Crippen molar-refractivity contribution in [2.24, 2.45) is 0 Å². The zero-order valence-corrected chi connectivity index (χ0v) is 17.9. The van der Waals surface area contributed by atoms with E-state index in [1.807, 2.05) is 36.4 Å². The van der Waals surface area contributed by atoms with Crippen LogP contribution in [-0.4, -0.2) is 30.1 Å². The second-order valence-electron chi connectivity index (χ2n) is 6.91. The van der Waals surface area contributed by atoms with E-state index in [0.717, 1.165) is 16.6 Å². The molecule has 1 heterocycles. The van der Waals surface area contributed by atoms with Gasteiger partial charge >= 0.3 is 0 Å². The normalized spacial score (nSPS) is 11.8. The van der Waals surface area contributed by atoms with Crippen LogP contribution in [0.2, 0.25) is 0 Å². The fourth-order valence-corrected chi connectivity index (χ4v) is 3.56. The number of thiol groups is 1. The van der Waals surface area contributed by atoms with Gasteiger partial charge in [0.1, 0.15) is 5.82 Å². The SMILES string of the molecule is COc1cc2nc(C(S)c3ccc(C(=O)Nc4ccccc4N)cc3)[nH]c2cc1OC. The van der Waals surface area contributed by atoms with Crippen molar-refractivity contribution >= 4 is 40.9 Å². The Hall–Kier alpha value is -3.65. The predicted octanol–water partition coefficient (Wildman–Crippen LogP) is 4.43. The lowest BCUT2D eigenvalue weighted by atomic mass is 10.1. The third-order valence-electron chi connectivity index (χ3n) is 4.96. The number of nitrogens with zero attached hydrogens (tertiary/aromatic N) is 1. The van der Waals surface area contributed by atoms with Gasteiger partial charge in [-0.25, -0.2) is 4.98 Å². The minimum atomic E-state index is -0.300. The molecule has 0 aliphatic heterocycles. The van der Waals surface area contributed by atoms with E-state index in [9.17, 15) is 4.79 Å². The molecule has 158 valence electrons. The fourth-order valence-electron chi connectivity index (χ4n) is 3.27. The van der Waals surface area contributed by atoms with Crippen molar-refractivity contribution < 1.29 is 14.3 Å². The van der Waals surface area contributed by atoms with Gasteiger partial charge in [0.2, 0.25) is 0 Å². The molecule has 0 fully saturated rings. The van der Waals surface area contributed by atoms with Crippen molar-refractivity contribution in [3.8, 4) is 11.5 Å². The third kappa shape index (κ3) is 4.15. The molecule has 31 heavy (non-hydrogen) atoms. The minimum absolute atomic E-state index is 0.233. The Balaban J connectivity index is 1.54. The Morgan fingerprint density at radius 2 is 1.74 bits per heavy atom. The first-order chi connectivity index (χ1) is 15.0. The number of hydrogen-bond acceptors (Lipinski definition) is 6. The van der Waals surface area contributed by atoms with E-state index in [4.69, 9.17) is 27.8 Å². The number of fused-ring (bicyclic) bond motifs is 1. The van der Waals surface area contributed by atoms with E-state index in [-0.39, 0.29) is 11.2 Å². The van der Waals surface area contributed by atoms with Gasteiger partial charge in [-0.05, 0) is 29.8 Å². The summed E-state index contributed by atoms with van der Waals surface area (Å²) in [6, 6.07) is 18.0. The maximum atomic E-state index is 12.5. The van der Waals surface area contributed by atoms with Gasteiger partial charge in [0.05, 0.1) is 41.9 Å². The molecule has 0 radical (unpaired) electrons. The van der Waals surface area contributed by atoms with E-state index in [0.29, 0.717) is 34.3 Å². The Kier molecular flexibility index (Phi) is 5.73. The van der Waals surface area contributed by atoms with Crippen LogP contribution in [-0.2, 0) is 0 Å². The van der Waals surface area contributed by atoms with Crippen LogP contribution in [0.5, 0.6) is 11.5 Å². The monoisotopic (exact) mass is 434 g/mol. The first kappa shape index (κ1) is 20.6. The summed E-state index contributed by atoms with van der Waals surface area (Å²) in [7, 11) is 3.18. The van der Waals surface area contributed by atoms with Crippen molar-refractivity contribution in [3.05, 3.63) is 77.6 Å². The second-order valence-corrected chi connectivity index (χ2v) is 7.43. The number of imidazole rings is 1. The number of hydrogen-bond donors (Lipinski definition) is 4. The number of carbonyl (C=O) groups is 1. The van der Waals surface area contributed by atoms with Crippen molar-refractivity contribution in [3.63, 3.8) is 0 Å². The molecule has 4 N–H and O–H groups in total. The van der Waals surface area contributed by atoms with Gasteiger partial charge in [-0.2, -0.15) is 12.6 Å². The van der Waals surface area contributed by atoms with Crippen molar-refractivity contribution in [1.82, 2.24) is 9.97 Å². The van der Waals surface area contributed by atoms with E-state index in [1.165, 1.54) is 0 Å². The van der Waals surface area contributed by atoms with Crippen molar-refractivity contribution in [2.75, 3.05) is 25.3 Å². The molecule has 7 nitrogen and oxygen atoms in total. The van der Waals surface area contributed by atoms with Crippen LogP contribution in [0.3, 0.4) is 0 Å². The Bertz CT molecular complexity index is 1200. The number of anilines is 2. The Morgan fingerprint density at radius 1 is 1.06 bits per heavy atom. The van der Waals surface area contributed by atoms with Gasteiger partial charge in [0.25, 0.3) is 5.91 Å². The molecule has 4 aromatic rings. The van der Waals surface area contributed by atoms with Crippen LogP contribution in [0.1, 0.15) is 27.0 Å². The molecule has 0 saturated heterocycles. The van der Waals surface area contributed by atoms with Crippen LogP contribution in [0.25, 0.3) is 11.0 Å². The molecular formula is C23H22N4O3S. The minimum Gasteiger partial charge on any atom is -0.493 e. The van der Waals surface area contributed by atoms with Crippen molar-refractivity contribution in [1.29, 1.82) is 0 Å². The lowest BCUT2D eigenvalue weighted by Gasteiger charge is -2.10. The summed E-state index contributed by atoms with van der Waals surface area (Å²) in [5.41, 5.74) is 9.98. The number of ether oxygens (including phenoxy) is 2. The molecule has 4 rings (SSSR count). The molecule has 0 spiro atoms. The number of nitrogens with one attached hydrogen (secondary N) is 2. The van der Waals surface area contributed by atoms with Crippen LogP contribution in [0.15, 0.2) is 60.7 Å². The maximum Gasteiger partial charge on any atom is 0.255 e. The summed E-state index contributed by atoms with van der Waals surface area (Å²) in [5, 5.41) is 2.52. The number of para-hydroxylation sites is 2. The average molecular weight is 435 g/mol. The summed E-state index contributed by atoms with van der Waals surface area (Å²) in [6.45, 7) is 0. The highest BCUT2D eigenvalue weighted by atomic mass is 32.1. The van der Waals surface area contributed by atoms with Gasteiger partial charge < -0.3 is 25.5 Å². The Morgan fingerprint density at radius 3 is 2.42 bits per heavy atom. The molecule has 1 atom stereocenters. The molecular weight excluding hydrogens is 412 g/mol. The maximum absolute atomic E-state index is 12.5. The largest absolute Gasteiger partial charge is 0.493 e. The number of aromatic nitrogens is 2. The highest BCUT2D eigenvalue weighted by molar-refractivity contribution is 7.80. The highest BCUT2D eigenvalue weighted by Crippen LogP contribution is 2.34. The number of aromatic amines is 1. The summed E-state index contributed by atoms with van der Waals surface area (Å²) in [6.07, 6.45) is 0. The first-order valence-corrected chi connectivity index (χ1v) is 10.1.